The van der Waals surface area contributed by atoms with Crippen molar-refractivity contribution >= 4 is 17.5 Å². The van der Waals surface area contributed by atoms with Gasteiger partial charge in [0.2, 0.25) is 0 Å². The fraction of sp³-hybridized carbons (Fsp3) is 0.545. The van der Waals surface area contributed by atoms with Crippen molar-refractivity contribution in [2.45, 2.75) is 12.8 Å². The summed E-state index contributed by atoms with van der Waals surface area (Å²) >= 11 is 5.59. The van der Waals surface area contributed by atoms with Crippen LogP contribution >= 0.6 is 11.6 Å². The van der Waals surface area contributed by atoms with E-state index in [0.29, 0.717) is 19.1 Å². The van der Waals surface area contributed by atoms with Gasteiger partial charge < -0.3 is 10.1 Å². The summed E-state index contributed by atoms with van der Waals surface area (Å²) in [6.07, 6.45) is 4.88. The maximum atomic E-state index is 11.7. The number of hydrogen-bond acceptors (Lipinski definition) is 4. The molecule has 0 saturated carbocycles. The topological polar surface area (TPSA) is 64.1 Å². The van der Waals surface area contributed by atoms with Crippen molar-refractivity contribution in [2.75, 3.05) is 19.8 Å². The first-order chi connectivity index (χ1) is 8.25. The van der Waals surface area contributed by atoms with Gasteiger partial charge in [0.05, 0.1) is 19.0 Å². The summed E-state index contributed by atoms with van der Waals surface area (Å²) < 4.78 is 5.34. The van der Waals surface area contributed by atoms with E-state index in [1.807, 2.05) is 0 Å². The van der Waals surface area contributed by atoms with E-state index in [-0.39, 0.29) is 16.8 Å². The average Bonchev–Trinajstić information content (AvgIpc) is 2.38. The molecule has 5 nitrogen and oxygen atoms in total. The highest BCUT2D eigenvalue weighted by Crippen LogP contribution is 2.12. The number of hydrogen-bond donors (Lipinski definition) is 1. The minimum Gasteiger partial charge on any atom is -0.381 e. The van der Waals surface area contributed by atoms with E-state index in [1.165, 1.54) is 12.4 Å². The van der Waals surface area contributed by atoms with E-state index in [4.69, 9.17) is 16.3 Å². The van der Waals surface area contributed by atoms with Crippen molar-refractivity contribution in [3.8, 4) is 0 Å². The van der Waals surface area contributed by atoms with Crippen LogP contribution < -0.4 is 5.32 Å². The van der Waals surface area contributed by atoms with Crippen molar-refractivity contribution in [3.63, 3.8) is 0 Å². The summed E-state index contributed by atoms with van der Waals surface area (Å²) in [6, 6.07) is 0. The monoisotopic (exact) mass is 255 g/mol. The Bertz CT molecular complexity index is 377. The third-order valence-corrected chi connectivity index (χ3v) is 2.85. The van der Waals surface area contributed by atoms with Crippen LogP contribution in [0.15, 0.2) is 12.4 Å². The normalized spacial score (nSPS) is 19.9. The Hall–Kier alpha value is -1.20. The molecule has 1 aliphatic rings. The lowest BCUT2D eigenvalue weighted by molar-refractivity contribution is 0.0535. The molecular formula is C11H14ClN3O2. The lowest BCUT2D eigenvalue weighted by Gasteiger charge is -2.21. The third-order valence-electron chi connectivity index (χ3n) is 2.66. The van der Waals surface area contributed by atoms with Crippen LogP contribution in [0.4, 0.5) is 0 Å². The second-order valence-electron chi connectivity index (χ2n) is 4.02. The van der Waals surface area contributed by atoms with Crippen LogP contribution in [-0.4, -0.2) is 35.6 Å². The fourth-order valence-corrected chi connectivity index (χ4v) is 1.82. The van der Waals surface area contributed by atoms with Crippen LogP contribution in [-0.2, 0) is 4.74 Å². The number of halogens is 1. The maximum absolute atomic E-state index is 11.7. The Kier molecular flexibility index (Phi) is 4.28. The van der Waals surface area contributed by atoms with E-state index in [1.54, 1.807) is 0 Å². The molecule has 1 N–H and O–H groups in total. The summed E-state index contributed by atoms with van der Waals surface area (Å²) in [5.74, 6) is 0.174. The Morgan fingerprint density at radius 3 is 3.06 bits per heavy atom. The molecular weight excluding hydrogens is 242 g/mol. The van der Waals surface area contributed by atoms with Gasteiger partial charge in [-0.2, -0.15) is 0 Å². The summed E-state index contributed by atoms with van der Waals surface area (Å²) in [7, 11) is 0. The molecule has 0 radical (unpaired) electrons. The lowest BCUT2D eigenvalue weighted by Crippen LogP contribution is -2.33. The molecule has 1 atom stereocenters. The third kappa shape index (κ3) is 3.64. The summed E-state index contributed by atoms with van der Waals surface area (Å²) in [5.41, 5.74) is 0.283. The van der Waals surface area contributed by atoms with E-state index < -0.39 is 0 Å². The van der Waals surface area contributed by atoms with Crippen molar-refractivity contribution in [2.24, 2.45) is 5.92 Å². The fourth-order valence-electron chi connectivity index (χ4n) is 1.73. The average molecular weight is 256 g/mol. The van der Waals surface area contributed by atoms with Crippen LogP contribution in [0.5, 0.6) is 0 Å². The van der Waals surface area contributed by atoms with E-state index >= 15 is 0 Å². The molecule has 2 rings (SSSR count). The molecule has 0 aliphatic carbocycles. The molecule has 6 heteroatoms. The number of aromatic nitrogens is 2. The highest BCUT2D eigenvalue weighted by Gasteiger charge is 2.15. The number of nitrogens with zero attached hydrogens (tertiary/aromatic N) is 2. The molecule has 1 saturated heterocycles. The molecule has 0 bridgehead atoms. The summed E-state index contributed by atoms with van der Waals surface area (Å²) in [4.78, 5) is 19.4. The molecule has 17 heavy (non-hydrogen) atoms. The van der Waals surface area contributed by atoms with Gasteiger partial charge in [0.1, 0.15) is 10.8 Å². The molecule has 92 valence electrons. The molecule has 1 fully saturated rings. The quantitative estimate of drug-likeness (QED) is 0.884. The molecule has 1 unspecified atom stereocenters. The highest BCUT2D eigenvalue weighted by atomic mass is 35.5. The first kappa shape index (κ1) is 12.3. The van der Waals surface area contributed by atoms with Gasteiger partial charge in [-0.15, -0.1) is 0 Å². The van der Waals surface area contributed by atoms with Gasteiger partial charge in [-0.05, 0) is 18.8 Å². The SMILES string of the molecule is O=C(NCC1CCCOC1)c1cnc(Cl)cn1. The van der Waals surface area contributed by atoms with Crippen molar-refractivity contribution in [1.29, 1.82) is 0 Å². The van der Waals surface area contributed by atoms with Gasteiger partial charge >= 0.3 is 0 Å². The summed E-state index contributed by atoms with van der Waals surface area (Å²) in [6.45, 7) is 2.16. The van der Waals surface area contributed by atoms with Crippen LogP contribution in [0.25, 0.3) is 0 Å². The first-order valence-corrected chi connectivity index (χ1v) is 5.97. The van der Waals surface area contributed by atoms with Gasteiger partial charge in [-0.25, -0.2) is 9.97 Å². The van der Waals surface area contributed by atoms with Crippen LogP contribution in [0.3, 0.4) is 0 Å². The zero-order valence-electron chi connectivity index (χ0n) is 9.36. The number of nitrogens with one attached hydrogen (secondary N) is 1. The zero-order chi connectivity index (χ0) is 12.1. The number of rotatable bonds is 3. The lowest BCUT2D eigenvalue weighted by atomic mass is 10.0. The van der Waals surface area contributed by atoms with Crippen LogP contribution in [0.1, 0.15) is 23.3 Å². The Morgan fingerprint density at radius 1 is 1.53 bits per heavy atom. The van der Waals surface area contributed by atoms with Crippen molar-refractivity contribution < 1.29 is 9.53 Å². The predicted molar refractivity (Wildman–Crippen MR) is 62.9 cm³/mol. The predicted octanol–water partition coefficient (Wildman–Crippen LogP) is 1.29. The van der Waals surface area contributed by atoms with Gasteiger partial charge in [0.25, 0.3) is 5.91 Å². The van der Waals surface area contributed by atoms with E-state index in [0.717, 1.165) is 19.4 Å². The molecule has 2 heterocycles. The minimum absolute atomic E-state index is 0.222. The molecule has 1 aromatic rings. The van der Waals surface area contributed by atoms with Gasteiger partial charge in [-0.3, -0.25) is 4.79 Å². The number of amides is 1. The number of ether oxygens (including phenoxy) is 1. The highest BCUT2D eigenvalue weighted by molar-refractivity contribution is 6.29. The molecule has 0 aromatic carbocycles. The van der Waals surface area contributed by atoms with E-state index in [9.17, 15) is 4.79 Å². The van der Waals surface area contributed by atoms with Gasteiger partial charge in [-0.1, -0.05) is 11.6 Å². The number of carbonyl (C=O) groups excluding carboxylic acids is 1. The molecule has 1 aliphatic heterocycles. The minimum atomic E-state index is -0.222. The largest absolute Gasteiger partial charge is 0.381 e. The Balaban J connectivity index is 1.82. The second-order valence-corrected chi connectivity index (χ2v) is 4.40. The standard InChI is InChI=1S/C11H14ClN3O2/c12-10-6-13-9(5-14-10)11(16)15-4-8-2-1-3-17-7-8/h5-6,8H,1-4,7H2,(H,15,16). The van der Waals surface area contributed by atoms with Crippen LogP contribution in [0.2, 0.25) is 5.15 Å². The summed E-state index contributed by atoms with van der Waals surface area (Å²) in [5, 5.41) is 3.10. The second kappa shape index (κ2) is 5.93. The van der Waals surface area contributed by atoms with Gasteiger partial charge in [0.15, 0.2) is 0 Å². The smallest absolute Gasteiger partial charge is 0.271 e. The van der Waals surface area contributed by atoms with E-state index in [2.05, 4.69) is 15.3 Å². The van der Waals surface area contributed by atoms with Crippen molar-refractivity contribution in [3.05, 3.63) is 23.2 Å². The molecule has 1 amide bonds. The Morgan fingerprint density at radius 2 is 2.41 bits per heavy atom. The Labute approximate surface area is 105 Å². The van der Waals surface area contributed by atoms with Crippen molar-refractivity contribution in [1.82, 2.24) is 15.3 Å². The first-order valence-electron chi connectivity index (χ1n) is 5.59. The zero-order valence-corrected chi connectivity index (χ0v) is 10.1. The number of carbonyl (C=O) groups is 1. The molecule has 1 aromatic heterocycles. The van der Waals surface area contributed by atoms with Gasteiger partial charge in [0, 0.05) is 13.2 Å². The van der Waals surface area contributed by atoms with Crippen LogP contribution in [0, 0.1) is 5.92 Å². The maximum Gasteiger partial charge on any atom is 0.271 e. The molecule has 0 spiro atoms.